The molecular formula is C15H19ClN2O3S. The highest BCUT2D eigenvalue weighted by atomic mass is 35.5. The van der Waals surface area contributed by atoms with Crippen molar-refractivity contribution in [2.45, 2.75) is 36.6 Å². The van der Waals surface area contributed by atoms with E-state index in [1.165, 1.54) is 22.5 Å². The summed E-state index contributed by atoms with van der Waals surface area (Å²) < 4.78 is 26.9. The molecule has 0 saturated heterocycles. The summed E-state index contributed by atoms with van der Waals surface area (Å²) >= 11 is 5.82. The zero-order valence-electron chi connectivity index (χ0n) is 12.4. The second-order valence-corrected chi connectivity index (χ2v) is 8.03. The lowest BCUT2D eigenvalue weighted by atomic mass is 9.87. The Kier molecular flexibility index (Phi) is 5.45. The molecule has 0 spiro atoms. The van der Waals surface area contributed by atoms with Crippen LogP contribution in [0.2, 0.25) is 5.02 Å². The molecule has 1 fully saturated rings. The van der Waals surface area contributed by atoms with Gasteiger partial charge in [0.15, 0.2) is 0 Å². The molecule has 0 amide bonds. The maximum atomic E-state index is 12.8. The molecule has 0 heterocycles. The summed E-state index contributed by atoms with van der Waals surface area (Å²) in [5.41, 5.74) is 0.0587. The minimum Gasteiger partial charge on any atom is -0.396 e. The van der Waals surface area contributed by atoms with Gasteiger partial charge in [-0.05, 0) is 49.8 Å². The summed E-state index contributed by atoms with van der Waals surface area (Å²) in [4.78, 5) is -0.00817. The summed E-state index contributed by atoms with van der Waals surface area (Å²) in [6, 6.07) is 6.02. The fourth-order valence-electron chi connectivity index (χ4n) is 2.86. The van der Waals surface area contributed by atoms with Gasteiger partial charge < -0.3 is 5.11 Å². The average molecular weight is 343 g/mol. The van der Waals surface area contributed by atoms with Crippen LogP contribution >= 0.6 is 11.6 Å². The Morgan fingerprint density at radius 2 is 2.00 bits per heavy atom. The number of benzene rings is 1. The van der Waals surface area contributed by atoms with Gasteiger partial charge in [0.2, 0.25) is 10.0 Å². The second kappa shape index (κ2) is 6.97. The molecule has 7 heteroatoms. The molecule has 1 aliphatic rings. The Morgan fingerprint density at radius 3 is 2.55 bits per heavy atom. The van der Waals surface area contributed by atoms with Crippen LogP contribution in [-0.2, 0) is 10.0 Å². The molecule has 1 aromatic carbocycles. The van der Waals surface area contributed by atoms with Gasteiger partial charge in [-0.3, -0.25) is 0 Å². The molecule has 0 aliphatic heterocycles. The van der Waals surface area contributed by atoms with E-state index in [1.54, 1.807) is 7.05 Å². The number of hydrogen-bond donors (Lipinski definition) is 1. The molecule has 1 N–H and O–H groups in total. The van der Waals surface area contributed by atoms with Gasteiger partial charge in [-0.2, -0.15) is 9.57 Å². The van der Waals surface area contributed by atoms with E-state index in [0.717, 1.165) is 25.7 Å². The van der Waals surface area contributed by atoms with Crippen molar-refractivity contribution in [1.82, 2.24) is 4.31 Å². The van der Waals surface area contributed by atoms with Crippen LogP contribution in [0.25, 0.3) is 0 Å². The van der Waals surface area contributed by atoms with Crippen molar-refractivity contribution in [3.63, 3.8) is 0 Å². The van der Waals surface area contributed by atoms with Gasteiger partial charge in [-0.25, -0.2) is 8.42 Å². The topological polar surface area (TPSA) is 81.4 Å². The number of halogens is 1. The first-order valence-electron chi connectivity index (χ1n) is 7.18. The maximum Gasteiger partial charge on any atom is 0.244 e. The van der Waals surface area contributed by atoms with Crippen LogP contribution in [0.3, 0.4) is 0 Å². The highest BCUT2D eigenvalue weighted by Crippen LogP contribution is 2.31. The van der Waals surface area contributed by atoms with E-state index in [-0.39, 0.29) is 29.0 Å². The molecule has 22 heavy (non-hydrogen) atoms. The lowest BCUT2D eigenvalue weighted by Crippen LogP contribution is -2.40. The van der Waals surface area contributed by atoms with Gasteiger partial charge in [0.05, 0.1) is 5.56 Å². The third-order valence-electron chi connectivity index (χ3n) is 4.31. The Balaban J connectivity index is 2.26. The molecule has 5 nitrogen and oxygen atoms in total. The normalized spacial score (nSPS) is 22.5. The Labute approximate surface area is 136 Å². The maximum absolute atomic E-state index is 12.8. The van der Waals surface area contributed by atoms with E-state index < -0.39 is 10.0 Å². The molecule has 0 bridgehead atoms. The van der Waals surface area contributed by atoms with E-state index in [2.05, 4.69) is 0 Å². The Morgan fingerprint density at radius 1 is 1.36 bits per heavy atom. The van der Waals surface area contributed by atoms with Gasteiger partial charge in [0.25, 0.3) is 0 Å². The van der Waals surface area contributed by atoms with E-state index in [1.807, 2.05) is 6.07 Å². The minimum absolute atomic E-state index is 0.00817. The van der Waals surface area contributed by atoms with E-state index >= 15 is 0 Å². The van der Waals surface area contributed by atoms with Crippen LogP contribution in [0.15, 0.2) is 23.1 Å². The van der Waals surface area contributed by atoms with Crippen molar-refractivity contribution in [1.29, 1.82) is 5.26 Å². The van der Waals surface area contributed by atoms with Gasteiger partial charge in [0, 0.05) is 24.7 Å². The van der Waals surface area contributed by atoms with Crippen molar-refractivity contribution in [3.8, 4) is 6.07 Å². The van der Waals surface area contributed by atoms with E-state index in [9.17, 15) is 8.42 Å². The molecule has 1 aliphatic carbocycles. The van der Waals surface area contributed by atoms with E-state index in [0.29, 0.717) is 5.02 Å². The quantitative estimate of drug-likeness (QED) is 0.910. The summed E-state index contributed by atoms with van der Waals surface area (Å²) in [5, 5.41) is 18.6. The van der Waals surface area contributed by atoms with Crippen LogP contribution < -0.4 is 0 Å². The fourth-order valence-corrected chi connectivity index (χ4v) is 4.57. The number of nitriles is 1. The predicted octanol–water partition coefficient (Wildman–Crippen LogP) is 2.38. The summed E-state index contributed by atoms with van der Waals surface area (Å²) in [7, 11) is -2.18. The third kappa shape index (κ3) is 3.44. The van der Waals surface area contributed by atoms with Crippen molar-refractivity contribution >= 4 is 21.6 Å². The molecule has 1 saturated carbocycles. The smallest absolute Gasteiger partial charge is 0.244 e. The highest BCUT2D eigenvalue weighted by Gasteiger charge is 2.32. The zero-order valence-corrected chi connectivity index (χ0v) is 13.9. The van der Waals surface area contributed by atoms with Crippen LogP contribution in [-0.4, -0.2) is 37.5 Å². The van der Waals surface area contributed by atoms with Crippen molar-refractivity contribution in [2.24, 2.45) is 5.92 Å². The zero-order chi connectivity index (χ0) is 16.3. The lowest BCUT2D eigenvalue weighted by Gasteiger charge is -2.33. The summed E-state index contributed by atoms with van der Waals surface area (Å²) in [6.07, 6.45) is 3.06. The lowest BCUT2D eigenvalue weighted by molar-refractivity contribution is 0.159. The molecule has 0 unspecified atom stereocenters. The Hall–Kier alpha value is -1.13. The predicted molar refractivity (Wildman–Crippen MR) is 83.9 cm³/mol. The Bertz CT molecular complexity index is 677. The molecule has 2 rings (SSSR count). The monoisotopic (exact) mass is 342 g/mol. The first kappa shape index (κ1) is 17.2. The van der Waals surface area contributed by atoms with Crippen molar-refractivity contribution in [3.05, 3.63) is 28.8 Å². The number of hydrogen-bond acceptors (Lipinski definition) is 4. The minimum atomic E-state index is -3.73. The van der Waals surface area contributed by atoms with Gasteiger partial charge in [0.1, 0.15) is 11.0 Å². The second-order valence-electron chi connectivity index (χ2n) is 5.63. The molecule has 0 atom stereocenters. The highest BCUT2D eigenvalue weighted by molar-refractivity contribution is 7.89. The van der Waals surface area contributed by atoms with Crippen LogP contribution in [0, 0.1) is 17.2 Å². The van der Waals surface area contributed by atoms with Crippen LogP contribution in [0.5, 0.6) is 0 Å². The third-order valence-corrected chi connectivity index (χ3v) is 6.51. The molecular weight excluding hydrogens is 324 g/mol. The van der Waals surface area contributed by atoms with E-state index in [4.69, 9.17) is 22.0 Å². The number of aliphatic hydroxyl groups is 1. The molecule has 0 radical (unpaired) electrons. The molecule has 1 aromatic rings. The summed E-state index contributed by atoms with van der Waals surface area (Å²) in [5.74, 6) is 0.262. The molecule has 0 aromatic heterocycles. The number of rotatable bonds is 4. The SMILES string of the molecule is CN(C1CCC(CO)CC1)S(=O)(=O)c1ccc(Cl)cc1C#N. The fraction of sp³-hybridized carbons (Fsp3) is 0.533. The number of nitrogens with zero attached hydrogens (tertiary/aromatic N) is 2. The number of sulfonamides is 1. The van der Waals surface area contributed by atoms with Crippen molar-refractivity contribution in [2.75, 3.05) is 13.7 Å². The van der Waals surface area contributed by atoms with Gasteiger partial charge >= 0.3 is 0 Å². The first-order chi connectivity index (χ1) is 10.4. The molecule has 120 valence electrons. The summed E-state index contributed by atoms with van der Waals surface area (Å²) in [6.45, 7) is 0.152. The van der Waals surface area contributed by atoms with Crippen LogP contribution in [0.1, 0.15) is 31.2 Å². The average Bonchev–Trinajstić information content (AvgIpc) is 2.53. The van der Waals surface area contributed by atoms with Crippen LogP contribution in [0.4, 0.5) is 0 Å². The largest absolute Gasteiger partial charge is 0.396 e. The standard InChI is InChI=1S/C15H19ClN2O3S/c1-18(14-5-2-11(10-19)3-6-14)22(20,21)15-7-4-13(16)8-12(15)9-17/h4,7-8,11,14,19H,2-3,5-6,10H2,1H3. The first-order valence-corrected chi connectivity index (χ1v) is 9.00. The van der Waals surface area contributed by atoms with Gasteiger partial charge in [-0.15, -0.1) is 0 Å². The number of aliphatic hydroxyl groups excluding tert-OH is 1. The van der Waals surface area contributed by atoms with Crippen molar-refractivity contribution < 1.29 is 13.5 Å². The van der Waals surface area contributed by atoms with Gasteiger partial charge in [-0.1, -0.05) is 11.6 Å².